The molecule has 0 unspecified atom stereocenters. The molecule has 6 nitrogen and oxygen atoms in total. The number of anilines is 2. The van der Waals surface area contributed by atoms with Gasteiger partial charge in [-0.05, 0) is 50.5 Å². The fourth-order valence-corrected chi connectivity index (χ4v) is 4.10. The van der Waals surface area contributed by atoms with E-state index in [9.17, 15) is 5.11 Å². The molecule has 0 aliphatic carbocycles. The third-order valence-electron chi connectivity index (χ3n) is 6.15. The lowest BCUT2D eigenvalue weighted by molar-refractivity contribution is 0.110. The average Bonchev–Trinajstić information content (AvgIpc) is 2.69. The fraction of sp³-hybridized carbons (Fsp3) is 0.435. The lowest BCUT2D eigenvalue weighted by Crippen LogP contribution is -2.57. The molecule has 6 heteroatoms. The van der Waals surface area contributed by atoms with Crippen LogP contribution in [0.3, 0.4) is 0 Å². The topological polar surface area (TPSA) is 74.2 Å². The van der Waals surface area contributed by atoms with Gasteiger partial charge in [0.2, 0.25) is 0 Å². The third-order valence-corrected chi connectivity index (χ3v) is 6.15. The second kappa shape index (κ2) is 7.26. The van der Waals surface area contributed by atoms with E-state index in [1.54, 1.807) is 0 Å². The first kappa shape index (κ1) is 19.6. The molecule has 1 saturated heterocycles. The van der Waals surface area contributed by atoms with Gasteiger partial charge in [-0.1, -0.05) is 25.1 Å². The predicted octanol–water partition coefficient (Wildman–Crippen LogP) is 3.94. The minimum Gasteiger partial charge on any atom is -0.396 e. The van der Waals surface area contributed by atoms with Crippen LogP contribution >= 0.6 is 0 Å². The van der Waals surface area contributed by atoms with Gasteiger partial charge in [0.25, 0.3) is 0 Å². The standard InChI is InChI=1S/C23H29N5O/c1-14-7-6-8-18(15(14)2)16(3)25-22-19-9-21(28-11-23(5,12-28)13-29)24-10-20(19)17(4)26-27-22/h6-10,16,29H,11-13H2,1-5H3,(H,25,27)/t16-/m1/s1. The molecule has 2 aromatic heterocycles. The zero-order valence-corrected chi connectivity index (χ0v) is 17.8. The summed E-state index contributed by atoms with van der Waals surface area (Å²) >= 11 is 0. The number of nitrogens with one attached hydrogen (secondary N) is 1. The summed E-state index contributed by atoms with van der Waals surface area (Å²) in [5.41, 5.74) is 4.67. The van der Waals surface area contributed by atoms with Crippen molar-refractivity contribution in [2.45, 2.75) is 40.7 Å². The molecule has 1 aliphatic heterocycles. The summed E-state index contributed by atoms with van der Waals surface area (Å²) < 4.78 is 0. The number of aliphatic hydroxyl groups excluding tert-OH is 1. The van der Waals surface area contributed by atoms with E-state index in [-0.39, 0.29) is 18.1 Å². The van der Waals surface area contributed by atoms with E-state index in [1.807, 2.05) is 13.1 Å². The van der Waals surface area contributed by atoms with Gasteiger partial charge in [0.1, 0.15) is 5.82 Å². The lowest BCUT2D eigenvalue weighted by atomic mass is 9.83. The van der Waals surface area contributed by atoms with E-state index in [1.165, 1.54) is 16.7 Å². The first-order valence-electron chi connectivity index (χ1n) is 10.1. The van der Waals surface area contributed by atoms with Gasteiger partial charge in [-0.15, -0.1) is 5.10 Å². The Morgan fingerprint density at radius 3 is 2.66 bits per heavy atom. The van der Waals surface area contributed by atoms with Crippen molar-refractivity contribution in [1.82, 2.24) is 15.2 Å². The maximum Gasteiger partial charge on any atom is 0.157 e. The van der Waals surface area contributed by atoms with Gasteiger partial charge in [0, 0.05) is 35.5 Å². The summed E-state index contributed by atoms with van der Waals surface area (Å²) in [4.78, 5) is 6.84. The molecule has 1 aromatic carbocycles. The number of rotatable bonds is 5. The number of aliphatic hydroxyl groups is 1. The summed E-state index contributed by atoms with van der Waals surface area (Å²) in [6.45, 7) is 12.3. The molecular weight excluding hydrogens is 362 g/mol. The van der Waals surface area contributed by atoms with Gasteiger partial charge in [-0.2, -0.15) is 5.10 Å². The minimum absolute atomic E-state index is 0.0403. The second-order valence-electron chi connectivity index (χ2n) is 8.70. The summed E-state index contributed by atoms with van der Waals surface area (Å²) in [6.07, 6.45) is 1.89. The molecular formula is C23H29N5O. The van der Waals surface area contributed by atoms with Crippen LogP contribution in [0.4, 0.5) is 11.6 Å². The van der Waals surface area contributed by atoms with Crippen LogP contribution in [-0.4, -0.2) is 40.0 Å². The summed E-state index contributed by atoms with van der Waals surface area (Å²) in [7, 11) is 0. The van der Waals surface area contributed by atoms with E-state index in [0.717, 1.165) is 41.2 Å². The molecule has 3 heterocycles. The molecule has 2 N–H and O–H groups in total. The van der Waals surface area contributed by atoms with Crippen molar-refractivity contribution in [1.29, 1.82) is 0 Å². The van der Waals surface area contributed by atoms with E-state index in [2.05, 4.69) is 77.4 Å². The maximum absolute atomic E-state index is 9.54. The largest absolute Gasteiger partial charge is 0.396 e. The predicted molar refractivity (Wildman–Crippen MR) is 117 cm³/mol. The van der Waals surface area contributed by atoms with Crippen molar-refractivity contribution in [2.24, 2.45) is 5.41 Å². The Bertz CT molecular complexity index is 1060. The molecule has 1 aliphatic rings. The highest BCUT2D eigenvalue weighted by Crippen LogP contribution is 2.35. The van der Waals surface area contributed by atoms with Gasteiger partial charge < -0.3 is 15.3 Å². The van der Waals surface area contributed by atoms with Gasteiger partial charge in [-0.3, -0.25) is 0 Å². The smallest absolute Gasteiger partial charge is 0.157 e. The second-order valence-corrected chi connectivity index (χ2v) is 8.70. The number of fused-ring (bicyclic) bond motifs is 1. The number of hydrogen-bond donors (Lipinski definition) is 2. The van der Waals surface area contributed by atoms with Crippen LogP contribution in [0.2, 0.25) is 0 Å². The van der Waals surface area contributed by atoms with Crippen LogP contribution in [0.15, 0.2) is 30.5 Å². The Labute approximate surface area is 172 Å². The average molecular weight is 392 g/mol. The first-order valence-corrected chi connectivity index (χ1v) is 10.1. The zero-order valence-electron chi connectivity index (χ0n) is 17.8. The van der Waals surface area contributed by atoms with Crippen LogP contribution in [0, 0.1) is 26.2 Å². The van der Waals surface area contributed by atoms with Crippen molar-refractivity contribution in [3.63, 3.8) is 0 Å². The minimum atomic E-state index is -0.0403. The molecule has 3 aromatic rings. The fourth-order valence-electron chi connectivity index (χ4n) is 4.10. The molecule has 0 bridgehead atoms. The number of nitrogens with zero attached hydrogens (tertiary/aromatic N) is 4. The van der Waals surface area contributed by atoms with Crippen molar-refractivity contribution < 1.29 is 5.11 Å². The van der Waals surface area contributed by atoms with E-state index < -0.39 is 0 Å². The molecule has 0 saturated carbocycles. The molecule has 0 radical (unpaired) electrons. The van der Waals surface area contributed by atoms with Crippen molar-refractivity contribution >= 4 is 22.4 Å². The number of pyridine rings is 1. The summed E-state index contributed by atoms with van der Waals surface area (Å²) in [5, 5.41) is 23.9. The molecule has 0 spiro atoms. The highest BCUT2D eigenvalue weighted by Gasteiger charge is 2.38. The van der Waals surface area contributed by atoms with E-state index >= 15 is 0 Å². The normalized spacial score (nSPS) is 16.6. The molecule has 4 rings (SSSR count). The van der Waals surface area contributed by atoms with Crippen LogP contribution in [0.25, 0.3) is 10.8 Å². The van der Waals surface area contributed by atoms with Crippen LogP contribution in [0.5, 0.6) is 0 Å². The molecule has 152 valence electrons. The Kier molecular flexibility index (Phi) is 4.90. The first-order chi connectivity index (χ1) is 13.8. The van der Waals surface area contributed by atoms with E-state index in [0.29, 0.717) is 0 Å². The Hall–Kier alpha value is -2.73. The monoisotopic (exact) mass is 391 g/mol. The highest BCUT2D eigenvalue weighted by molar-refractivity contribution is 5.94. The summed E-state index contributed by atoms with van der Waals surface area (Å²) in [5.74, 6) is 1.69. The third kappa shape index (κ3) is 3.53. The quantitative estimate of drug-likeness (QED) is 0.686. The zero-order chi connectivity index (χ0) is 20.8. The van der Waals surface area contributed by atoms with E-state index in [4.69, 9.17) is 0 Å². The Morgan fingerprint density at radius 2 is 1.93 bits per heavy atom. The van der Waals surface area contributed by atoms with Crippen LogP contribution in [0.1, 0.15) is 42.3 Å². The summed E-state index contributed by atoms with van der Waals surface area (Å²) in [6, 6.07) is 8.59. The number of hydrogen-bond acceptors (Lipinski definition) is 6. The van der Waals surface area contributed by atoms with Crippen molar-refractivity contribution in [3.8, 4) is 0 Å². The van der Waals surface area contributed by atoms with Crippen LogP contribution in [-0.2, 0) is 0 Å². The number of benzene rings is 1. The Morgan fingerprint density at radius 1 is 1.17 bits per heavy atom. The highest BCUT2D eigenvalue weighted by atomic mass is 16.3. The van der Waals surface area contributed by atoms with Crippen LogP contribution < -0.4 is 10.2 Å². The van der Waals surface area contributed by atoms with Gasteiger partial charge >= 0.3 is 0 Å². The van der Waals surface area contributed by atoms with Gasteiger partial charge in [-0.25, -0.2) is 4.98 Å². The Balaban J connectivity index is 1.68. The number of aryl methyl sites for hydroxylation is 2. The van der Waals surface area contributed by atoms with Gasteiger partial charge in [0.05, 0.1) is 18.3 Å². The molecule has 29 heavy (non-hydrogen) atoms. The molecule has 1 atom stereocenters. The lowest BCUT2D eigenvalue weighted by Gasteiger charge is -2.47. The number of aromatic nitrogens is 3. The SMILES string of the molecule is Cc1cccc([C@@H](C)Nc2nnc(C)c3cnc(N4CC(C)(CO)C4)cc23)c1C. The molecule has 1 fully saturated rings. The molecule has 0 amide bonds. The maximum atomic E-state index is 9.54. The van der Waals surface area contributed by atoms with Crippen molar-refractivity contribution in [2.75, 3.05) is 29.9 Å². The van der Waals surface area contributed by atoms with Crippen molar-refractivity contribution in [3.05, 3.63) is 52.8 Å². The van der Waals surface area contributed by atoms with Gasteiger partial charge in [0.15, 0.2) is 5.82 Å².